The highest BCUT2D eigenvalue weighted by Crippen LogP contribution is 2.33. The van der Waals surface area contributed by atoms with E-state index >= 15 is 0 Å². The monoisotopic (exact) mass is 449 g/mol. The second kappa shape index (κ2) is 8.30. The third-order valence-corrected chi connectivity index (χ3v) is 5.59. The summed E-state index contributed by atoms with van der Waals surface area (Å²) in [5.41, 5.74) is 0.390. The summed E-state index contributed by atoms with van der Waals surface area (Å²) in [5.74, 6) is -1.34. The Bertz CT molecular complexity index is 1520. The minimum absolute atomic E-state index is 0.110. The average Bonchev–Trinajstić information content (AvgIpc) is 3.18. The summed E-state index contributed by atoms with van der Waals surface area (Å²) in [5, 5.41) is 0.519. The SMILES string of the molecule is Cc1c(N(C(=O)C=O)c2cn(Cc3ccc(F)cc3)c3ncccc23)c(=O)n(C)c(=O)n1C. The Morgan fingerprint density at radius 2 is 1.82 bits per heavy atom. The van der Waals surface area contributed by atoms with Crippen molar-refractivity contribution in [3.8, 4) is 0 Å². The predicted molar refractivity (Wildman–Crippen MR) is 120 cm³/mol. The maximum absolute atomic E-state index is 13.3. The molecule has 0 N–H and O–H groups in total. The lowest BCUT2D eigenvalue weighted by atomic mass is 10.2. The van der Waals surface area contributed by atoms with Gasteiger partial charge in [-0.2, -0.15) is 0 Å². The smallest absolute Gasteiger partial charge is 0.326 e. The normalized spacial score (nSPS) is 11.0. The molecule has 0 saturated heterocycles. The van der Waals surface area contributed by atoms with E-state index in [0.717, 1.165) is 15.0 Å². The Morgan fingerprint density at radius 1 is 1.12 bits per heavy atom. The number of aromatic nitrogens is 4. The van der Waals surface area contributed by atoms with Crippen molar-refractivity contribution >= 4 is 34.6 Å². The lowest BCUT2D eigenvalue weighted by molar-refractivity contribution is -0.129. The topological polar surface area (TPSA) is 99.2 Å². The molecule has 3 aromatic heterocycles. The van der Waals surface area contributed by atoms with Crippen molar-refractivity contribution < 1.29 is 14.0 Å². The summed E-state index contributed by atoms with van der Waals surface area (Å²) < 4.78 is 17.2. The van der Waals surface area contributed by atoms with Crippen molar-refractivity contribution in [1.29, 1.82) is 0 Å². The number of aldehydes is 1. The van der Waals surface area contributed by atoms with Gasteiger partial charge < -0.3 is 4.57 Å². The number of fused-ring (bicyclic) bond motifs is 1. The molecule has 0 aliphatic heterocycles. The van der Waals surface area contributed by atoms with Gasteiger partial charge in [0.05, 0.1) is 5.69 Å². The van der Waals surface area contributed by atoms with Crippen molar-refractivity contribution in [2.75, 3.05) is 4.90 Å². The van der Waals surface area contributed by atoms with Crippen LogP contribution in [0.3, 0.4) is 0 Å². The molecule has 0 unspecified atom stereocenters. The van der Waals surface area contributed by atoms with E-state index in [1.807, 2.05) is 0 Å². The minimum Gasteiger partial charge on any atom is -0.326 e. The molecule has 0 spiro atoms. The maximum Gasteiger partial charge on any atom is 0.330 e. The first-order valence-corrected chi connectivity index (χ1v) is 9.98. The largest absolute Gasteiger partial charge is 0.330 e. The van der Waals surface area contributed by atoms with Crippen LogP contribution in [-0.4, -0.2) is 30.9 Å². The number of carbonyl (C=O) groups excluding carboxylic acids is 2. The highest BCUT2D eigenvalue weighted by molar-refractivity contribution is 6.33. The first kappa shape index (κ1) is 21.9. The number of nitrogens with zero attached hydrogens (tertiary/aromatic N) is 5. The molecular weight excluding hydrogens is 429 g/mol. The Kier molecular flexibility index (Phi) is 5.50. The van der Waals surface area contributed by atoms with Gasteiger partial charge in [0.25, 0.3) is 11.5 Å². The zero-order valence-electron chi connectivity index (χ0n) is 18.2. The van der Waals surface area contributed by atoms with Crippen LogP contribution in [0.4, 0.5) is 15.8 Å². The fourth-order valence-corrected chi connectivity index (χ4v) is 3.78. The van der Waals surface area contributed by atoms with Crippen LogP contribution in [0.5, 0.6) is 0 Å². The second-order valence-electron chi connectivity index (χ2n) is 7.57. The first-order chi connectivity index (χ1) is 15.7. The number of halogens is 1. The molecule has 9 nitrogen and oxygen atoms in total. The molecule has 0 saturated carbocycles. The van der Waals surface area contributed by atoms with E-state index in [1.165, 1.54) is 37.7 Å². The molecule has 0 bridgehead atoms. The summed E-state index contributed by atoms with van der Waals surface area (Å²) in [6.45, 7) is 1.83. The maximum atomic E-state index is 13.3. The third kappa shape index (κ3) is 3.65. The number of rotatable bonds is 5. The van der Waals surface area contributed by atoms with Gasteiger partial charge in [-0.15, -0.1) is 0 Å². The molecule has 1 aromatic carbocycles. The highest BCUT2D eigenvalue weighted by Gasteiger charge is 2.28. The van der Waals surface area contributed by atoms with Crippen molar-refractivity contribution in [2.45, 2.75) is 13.5 Å². The van der Waals surface area contributed by atoms with E-state index in [2.05, 4.69) is 4.98 Å². The van der Waals surface area contributed by atoms with Gasteiger partial charge in [0.2, 0.25) is 6.29 Å². The van der Waals surface area contributed by atoms with Crippen LogP contribution in [-0.2, 0) is 30.2 Å². The molecule has 0 aliphatic rings. The number of amides is 1. The number of anilines is 2. The van der Waals surface area contributed by atoms with Crippen molar-refractivity contribution in [1.82, 2.24) is 18.7 Å². The van der Waals surface area contributed by atoms with E-state index in [9.17, 15) is 23.6 Å². The molecular formula is C23H20FN5O4. The molecule has 0 atom stereocenters. The van der Waals surface area contributed by atoms with Gasteiger partial charge in [0.1, 0.15) is 17.2 Å². The molecule has 33 heavy (non-hydrogen) atoms. The highest BCUT2D eigenvalue weighted by atomic mass is 19.1. The van der Waals surface area contributed by atoms with Gasteiger partial charge in [0.15, 0.2) is 0 Å². The molecule has 0 fully saturated rings. The Hall–Kier alpha value is -4.34. The minimum atomic E-state index is -0.974. The molecule has 0 aliphatic carbocycles. The van der Waals surface area contributed by atoms with Crippen molar-refractivity contribution in [3.05, 3.63) is 86.7 Å². The standard InChI is InChI=1S/C23H20FN5O4/c1-14-20(22(32)27(3)23(33)26(14)2)29(19(31)13-30)18-12-28(21-17(18)5-4-10-25-21)11-15-6-8-16(24)9-7-15/h4-10,12-13H,11H2,1-3H3. The van der Waals surface area contributed by atoms with E-state index in [1.54, 1.807) is 41.2 Å². The van der Waals surface area contributed by atoms with Crippen LogP contribution < -0.4 is 16.1 Å². The molecule has 168 valence electrons. The summed E-state index contributed by atoms with van der Waals surface area (Å²) in [7, 11) is 2.78. The van der Waals surface area contributed by atoms with Gasteiger partial charge in [-0.05, 0) is 36.8 Å². The summed E-state index contributed by atoms with van der Waals surface area (Å²) in [4.78, 5) is 55.2. The fourth-order valence-electron chi connectivity index (χ4n) is 3.78. The zero-order chi connectivity index (χ0) is 23.9. The van der Waals surface area contributed by atoms with Crippen LogP contribution in [0.1, 0.15) is 11.3 Å². The Balaban J connectivity index is 1.98. The predicted octanol–water partition coefficient (Wildman–Crippen LogP) is 1.79. The van der Waals surface area contributed by atoms with Gasteiger partial charge in [-0.3, -0.25) is 28.4 Å². The summed E-state index contributed by atoms with van der Waals surface area (Å²) in [6, 6.07) is 9.33. The van der Waals surface area contributed by atoms with Crippen molar-refractivity contribution in [2.24, 2.45) is 14.1 Å². The molecule has 1 amide bonds. The van der Waals surface area contributed by atoms with Crippen LogP contribution >= 0.6 is 0 Å². The number of benzene rings is 1. The zero-order valence-corrected chi connectivity index (χ0v) is 18.2. The average molecular weight is 449 g/mol. The lowest BCUT2D eigenvalue weighted by Crippen LogP contribution is -2.43. The van der Waals surface area contributed by atoms with Crippen LogP contribution in [0.2, 0.25) is 0 Å². The summed E-state index contributed by atoms with van der Waals surface area (Å²) >= 11 is 0. The van der Waals surface area contributed by atoms with Gasteiger partial charge in [-0.1, -0.05) is 12.1 Å². The van der Waals surface area contributed by atoms with Gasteiger partial charge in [-0.25, -0.2) is 14.2 Å². The van der Waals surface area contributed by atoms with Crippen LogP contribution in [0.15, 0.2) is 58.4 Å². The first-order valence-electron chi connectivity index (χ1n) is 9.98. The number of hydrogen-bond donors (Lipinski definition) is 0. The third-order valence-electron chi connectivity index (χ3n) is 5.59. The van der Waals surface area contributed by atoms with Crippen molar-refractivity contribution in [3.63, 3.8) is 0 Å². The molecule has 10 heteroatoms. The number of carbonyl (C=O) groups is 2. The number of hydrogen-bond acceptors (Lipinski definition) is 5. The van der Waals surface area contributed by atoms with E-state index in [0.29, 0.717) is 17.6 Å². The molecule has 4 rings (SSSR count). The lowest BCUT2D eigenvalue weighted by Gasteiger charge is -2.22. The van der Waals surface area contributed by atoms with Gasteiger partial charge in [0, 0.05) is 44.1 Å². The quantitative estimate of drug-likeness (QED) is 0.342. The van der Waals surface area contributed by atoms with Crippen LogP contribution in [0.25, 0.3) is 11.0 Å². The molecule has 3 heterocycles. The second-order valence-corrected chi connectivity index (χ2v) is 7.57. The van der Waals surface area contributed by atoms with Gasteiger partial charge >= 0.3 is 5.69 Å². The summed E-state index contributed by atoms with van der Waals surface area (Å²) in [6.07, 6.45) is 3.30. The van der Waals surface area contributed by atoms with E-state index in [-0.39, 0.29) is 29.2 Å². The van der Waals surface area contributed by atoms with E-state index in [4.69, 9.17) is 0 Å². The van der Waals surface area contributed by atoms with E-state index < -0.39 is 17.2 Å². The number of pyridine rings is 1. The molecule has 0 radical (unpaired) electrons. The Morgan fingerprint density at radius 3 is 2.48 bits per heavy atom. The Labute approximate surface area is 186 Å². The molecule has 4 aromatic rings. The van der Waals surface area contributed by atoms with Crippen LogP contribution in [0, 0.1) is 12.7 Å². The fraction of sp³-hybridized carbons (Fsp3) is 0.174.